The number of ether oxygens (including phenoxy) is 2. The van der Waals surface area contributed by atoms with Crippen LogP contribution in [-0.4, -0.2) is 110 Å². The molecule has 0 aromatic heterocycles. The number of aryl methyl sites for hydroxylation is 1. The minimum Gasteiger partial charge on any atom is -0.480 e. The van der Waals surface area contributed by atoms with Crippen molar-refractivity contribution in [2.24, 2.45) is 0 Å². The SMILES string of the molecule is CC(NC(CCc1ccccc1)C(=O)OCCOCCON(O)O)C(=O)N1CC2(CC1C(=O)O)SCCS2. The maximum atomic E-state index is 13.4. The van der Waals surface area contributed by atoms with Gasteiger partial charge in [0, 0.05) is 24.5 Å². The normalized spacial score (nSPS) is 20.1. The van der Waals surface area contributed by atoms with E-state index >= 15 is 0 Å². The molecule has 2 aliphatic heterocycles. The van der Waals surface area contributed by atoms with E-state index in [2.05, 4.69) is 10.2 Å². The summed E-state index contributed by atoms with van der Waals surface area (Å²) in [6.07, 6.45) is 1.34. The monoisotopic (exact) mass is 573 g/mol. The van der Waals surface area contributed by atoms with E-state index in [1.807, 2.05) is 30.3 Å². The van der Waals surface area contributed by atoms with Crippen LogP contribution in [0.25, 0.3) is 0 Å². The standard InChI is InChI=1S/C24H35N3O9S2/c1-17(21(28)26-16-24(37-13-14-38-24)15-20(26)22(29)30)25-19(8-7-18-5-3-2-4-6-18)23(31)35-11-9-34-10-12-36-27(32)33/h2-6,17,19-20,25,32-33H,7-16H2,1H3,(H,29,30). The predicted molar refractivity (Wildman–Crippen MR) is 140 cm³/mol. The Labute approximate surface area is 229 Å². The molecule has 4 N–H and O–H groups in total. The Hall–Kier alpha value is -1.91. The Morgan fingerprint density at radius 2 is 1.82 bits per heavy atom. The van der Waals surface area contributed by atoms with E-state index in [0.29, 0.717) is 25.8 Å². The number of amides is 1. The van der Waals surface area contributed by atoms with Crippen LogP contribution in [0.3, 0.4) is 0 Å². The van der Waals surface area contributed by atoms with Gasteiger partial charge in [0.1, 0.15) is 18.7 Å². The molecule has 2 saturated heterocycles. The van der Waals surface area contributed by atoms with Gasteiger partial charge in [-0.25, -0.2) is 9.63 Å². The van der Waals surface area contributed by atoms with Crippen molar-refractivity contribution in [3.8, 4) is 0 Å². The number of carboxylic acids is 1. The van der Waals surface area contributed by atoms with Crippen molar-refractivity contribution >= 4 is 41.4 Å². The Morgan fingerprint density at radius 1 is 1.13 bits per heavy atom. The maximum Gasteiger partial charge on any atom is 0.326 e. The molecule has 14 heteroatoms. The highest BCUT2D eigenvalue weighted by atomic mass is 32.2. The van der Waals surface area contributed by atoms with Gasteiger partial charge in [0.2, 0.25) is 5.91 Å². The number of hydrogen-bond acceptors (Lipinski definition) is 12. The largest absolute Gasteiger partial charge is 0.480 e. The van der Waals surface area contributed by atoms with Crippen molar-refractivity contribution in [3.63, 3.8) is 0 Å². The van der Waals surface area contributed by atoms with Crippen LogP contribution in [0.2, 0.25) is 0 Å². The molecule has 3 unspecified atom stereocenters. The van der Waals surface area contributed by atoms with E-state index in [0.717, 1.165) is 17.1 Å². The summed E-state index contributed by atoms with van der Waals surface area (Å²) in [7, 11) is 0. The number of nitrogens with zero attached hydrogens (tertiary/aromatic N) is 2. The Balaban J connectivity index is 1.58. The van der Waals surface area contributed by atoms with Crippen LogP contribution in [0.4, 0.5) is 0 Å². The number of aliphatic carboxylic acids is 1. The third-order valence-corrected chi connectivity index (χ3v) is 9.68. The van der Waals surface area contributed by atoms with Crippen molar-refractivity contribution in [1.29, 1.82) is 0 Å². The number of esters is 1. The smallest absolute Gasteiger partial charge is 0.326 e. The molecule has 38 heavy (non-hydrogen) atoms. The quantitative estimate of drug-likeness (QED) is 0.136. The van der Waals surface area contributed by atoms with Crippen LogP contribution in [0, 0.1) is 0 Å². The number of nitrogens with one attached hydrogen (secondary N) is 1. The van der Waals surface area contributed by atoms with Gasteiger partial charge in [-0.05, 0) is 25.3 Å². The Kier molecular flexibility index (Phi) is 12.1. The minimum atomic E-state index is -1.02. The fraction of sp³-hybridized carbons (Fsp3) is 0.625. The number of carboxylic acid groups (broad SMARTS) is 1. The lowest BCUT2D eigenvalue weighted by atomic mass is 10.0. The van der Waals surface area contributed by atoms with Crippen LogP contribution in [0.5, 0.6) is 0 Å². The van der Waals surface area contributed by atoms with Gasteiger partial charge in [-0.3, -0.25) is 25.3 Å². The molecular weight excluding hydrogens is 538 g/mol. The van der Waals surface area contributed by atoms with Gasteiger partial charge in [0.05, 0.1) is 35.3 Å². The lowest BCUT2D eigenvalue weighted by Crippen LogP contribution is -2.53. The van der Waals surface area contributed by atoms with Gasteiger partial charge in [-0.15, -0.1) is 23.5 Å². The first-order valence-corrected chi connectivity index (χ1v) is 14.3. The molecule has 2 heterocycles. The fourth-order valence-electron chi connectivity index (χ4n) is 4.43. The molecule has 1 spiro atoms. The van der Waals surface area contributed by atoms with Crippen molar-refractivity contribution in [2.45, 2.75) is 48.4 Å². The lowest BCUT2D eigenvalue weighted by molar-refractivity contribution is -0.493. The van der Waals surface area contributed by atoms with Gasteiger partial charge in [-0.2, -0.15) is 0 Å². The number of likely N-dealkylation sites (tertiary alicyclic amines) is 1. The summed E-state index contributed by atoms with van der Waals surface area (Å²) in [5.41, 5.74) is 1.03. The average molecular weight is 574 g/mol. The number of benzene rings is 1. The fourth-order valence-corrected chi connectivity index (χ4v) is 7.68. The summed E-state index contributed by atoms with van der Waals surface area (Å²) in [4.78, 5) is 44.1. The van der Waals surface area contributed by atoms with Crippen molar-refractivity contribution in [1.82, 2.24) is 15.6 Å². The van der Waals surface area contributed by atoms with Gasteiger partial charge in [0.15, 0.2) is 0 Å². The molecule has 2 fully saturated rings. The molecule has 3 rings (SSSR count). The van der Waals surface area contributed by atoms with E-state index in [9.17, 15) is 19.5 Å². The van der Waals surface area contributed by atoms with Crippen LogP contribution < -0.4 is 5.32 Å². The molecule has 0 aliphatic carbocycles. The summed E-state index contributed by atoms with van der Waals surface area (Å²) in [6.45, 7) is 1.96. The molecule has 1 amide bonds. The highest BCUT2D eigenvalue weighted by molar-refractivity contribution is 8.21. The molecule has 12 nitrogen and oxygen atoms in total. The van der Waals surface area contributed by atoms with Gasteiger partial charge >= 0.3 is 11.9 Å². The molecule has 2 aliphatic rings. The van der Waals surface area contributed by atoms with Crippen molar-refractivity contribution in [2.75, 3.05) is 44.5 Å². The van der Waals surface area contributed by atoms with Crippen molar-refractivity contribution < 1.29 is 44.2 Å². The number of carbonyl (C=O) groups is 3. The molecule has 1 aromatic carbocycles. The van der Waals surface area contributed by atoms with Crippen LogP contribution >= 0.6 is 23.5 Å². The number of thioether (sulfide) groups is 2. The second-order valence-corrected chi connectivity index (χ2v) is 12.2. The third kappa shape index (κ3) is 9.09. The zero-order valence-corrected chi connectivity index (χ0v) is 22.8. The van der Waals surface area contributed by atoms with E-state index in [1.165, 1.54) is 4.90 Å². The summed E-state index contributed by atoms with van der Waals surface area (Å²) in [6, 6.07) is 7.12. The zero-order valence-electron chi connectivity index (χ0n) is 21.2. The number of rotatable bonds is 15. The van der Waals surface area contributed by atoms with Crippen LogP contribution in [0.1, 0.15) is 25.3 Å². The highest BCUT2D eigenvalue weighted by Gasteiger charge is 2.52. The predicted octanol–water partition coefficient (Wildman–Crippen LogP) is 1.40. The van der Waals surface area contributed by atoms with Gasteiger partial charge in [-0.1, -0.05) is 30.3 Å². The van der Waals surface area contributed by atoms with Crippen molar-refractivity contribution in [3.05, 3.63) is 35.9 Å². The van der Waals surface area contributed by atoms with Crippen LogP contribution in [-0.2, 0) is 35.1 Å². The second-order valence-electron chi connectivity index (χ2n) is 8.96. The summed E-state index contributed by atoms with van der Waals surface area (Å²) >= 11 is 3.43. The molecule has 3 atom stereocenters. The molecule has 212 valence electrons. The van der Waals surface area contributed by atoms with Gasteiger partial charge < -0.3 is 19.5 Å². The van der Waals surface area contributed by atoms with E-state index in [-0.39, 0.29) is 36.4 Å². The molecule has 0 radical (unpaired) electrons. The summed E-state index contributed by atoms with van der Waals surface area (Å²) < 4.78 is 10.3. The molecular formula is C24H35N3O9S2. The van der Waals surface area contributed by atoms with E-state index < -0.39 is 35.5 Å². The topological polar surface area (TPSA) is 158 Å². The summed E-state index contributed by atoms with van der Waals surface area (Å²) in [5, 5.41) is 29.4. The third-order valence-electron chi connectivity index (χ3n) is 6.25. The first-order chi connectivity index (χ1) is 18.2. The molecule has 0 bridgehead atoms. The summed E-state index contributed by atoms with van der Waals surface area (Å²) in [5.74, 6) is -0.0695. The van der Waals surface area contributed by atoms with Crippen LogP contribution in [0.15, 0.2) is 30.3 Å². The van der Waals surface area contributed by atoms with Gasteiger partial charge in [0.25, 0.3) is 0 Å². The first kappa shape index (κ1) is 30.6. The zero-order chi connectivity index (χ0) is 27.5. The Bertz CT molecular complexity index is 919. The second kappa shape index (κ2) is 15.0. The number of hydrogen-bond donors (Lipinski definition) is 4. The van der Waals surface area contributed by atoms with E-state index in [1.54, 1.807) is 30.4 Å². The highest BCUT2D eigenvalue weighted by Crippen LogP contribution is 2.51. The lowest BCUT2D eigenvalue weighted by Gasteiger charge is -2.28. The Morgan fingerprint density at radius 3 is 2.47 bits per heavy atom. The average Bonchev–Trinajstić information content (AvgIpc) is 3.52. The number of carbonyl (C=O) groups excluding carboxylic acids is 2. The first-order valence-electron chi connectivity index (χ1n) is 12.4. The molecule has 0 saturated carbocycles. The van der Waals surface area contributed by atoms with E-state index in [4.69, 9.17) is 19.9 Å². The maximum absolute atomic E-state index is 13.4. The minimum absolute atomic E-state index is 0.0448. The molecule has 1 aromatic rings.